The number of benzene rings is 3. The van der Waals surface area contributed by atoms with Crippen molar-refractivity contribution in [2.24, 2.45) is 0 Å². The van der Waals surface area contributed by atoms with Gasteiger partial charge in [0.1, 0.15) is 0 Å². The molecule has 146 valence electrons. The van der Waals surface area contributed by atoms with E-state index in [0.717, 1.165) is 5.56 Å². The lowest BCUT2D eigenvalue weighted by atomic mass is 10.1. The Balaban J connectivity index is 1.56. The molecule has 0 saturated carbocycles. The fraction of sp³-hybridized carbons (Fsp3) is 0.0455. The predicted molar refractivity (Wildman–Crippen MR) is 120 cm³/mol. The number of para-hydroxylation sites is 1. The van der Waals surface area contributed by atoms with Gasteiger partial charge < -0.3 is 16.0 Å². The van der Waals surface area contributed by atoms with Crippen LogP contribution in [0.5, 0.6) is 0 Å². The number of carbonyl (C=O) groups is 2. The minimum absolute atomic E-state index is 0.157. The molecule has 0 bridgehead atoms. The quantitative estimate of drug-likeness (QED) is 0.522. The molecule has 0 spiro atoms. The molecule has 29 heavy (non-hydrogen) atoms. The van der Waals surface area contributed by atoms with Crippen LogP contribution in [-0.4, -0.2) is 16.9 Å². The number of anilines is 2. The third-order valence-electron chi connectivity index (χ3n) is 3.95. The summed E-state index contributed by atoms with van der Waals surface area (Å²) in [5.74, 6) is -0.486. The molecule has 3 aromatic rings. The Bertz CT molecular complexity index is 1020. The normalized spacial score (nSPS) is 10.1. The molecule has 3 aromatic carbocycles. The lowest BCUT2D eigenvalue weighted by Gasteiger charge is -2.11. The van der Waals surface area contributed by atoms with Crippen molar-refractivity contribution in [3.8, 4) is 0 Å². The molecule has 0 aliphatic carbocycles. The van der Waals surface area contributed by atoms with E-state index in [2.05, 4.69) is 16.0 Å². The number of hydrogen-bond donors (Lipinski definition) is 3. The lowest BCUT2D eigenvalue weighted by Crippen LogP contribution is -2.35. The maximum atomic E-state index is 12.4. The molecule has 3 rings (SSSR count). The van der Waals surface area contributed by atoms with Gasteiger partial charge in [-0.15, -0.1) is 0 Å². The van der Waals surface area contributed by atoms with Crippen molar-refractivity contribution in [2.75, 3.05) is 10.6 Å². The Labute approximate surface area is 179 Å². The molecule has 0 fully saturated rings. The van der Waals surface area contributed by atoms with E-state index in [0.29, 0.717) is 22.0 Å². The molecule has 0 unspecified atom stereocenters. The van der Waals surface area contributed by atoms with Gasteiger partial charge in [0.15, 0.2) is 5.11 Å². The van der Waals surface area contributed by atoms with Crippen molar-refractivity contribution in [3.05, 3.63) is 95.0 Å². The molecule has 0 atom stereocenters. The molecular formula is C22H18ClN3O2S. The molecule has 5 nitrogen and oxygen atoms in total. The minimum Gasteiger partial charge on any atom is -0.332 e. The Morgan fingerprint density at radius 3 is 2.24 bits per heavy atom. The van der Waals surface area contributed by atoms with Crippen LogP contribution in [0.25, 0.3) is 0 Å². The summed E-state index contributed by atoms with van der Waals surface area (Å²) in [5, 5.41) is 9.15. The summed E-state index contributed by atoms with van der Waals surface area (Å²) in [5.41, 5.74) is 2.60. The van der Waals surface area contributed by atoms with Gasteiger partial charge in [0.2, 0.25) is 5.91 Å². The van der Waals surface area contributed by atoms with Crippen molar-refractivity contribution < 1.29 is 9.59 Å². The highest BCUT2D eigenvalue weighted by Gasteiger charge is 2.09. The van der Waals surface area contributed by atoms with Crippen LogP contribution in [-0.2, 0) is 11.2 Å². The van der Waals surface area contributed by atoms with E-state index < -0.39 is 0 Å². The van der Waals surface area contributed by atoms with E-state index in [1.54, 1.807) is 48.5 Å². The van der Waals surface area contributed by atoms with Gasteiger partial charge >= 0.3 is 0 Å². The SMILES string of the molecule is O=C(Cc1ccc(Cl)cc1)NC(=S)Nc1cccc(C(=O)Nc2ccccc2)c1. The van der Waals surface area contributed by atoms with Crippen LogP contribution in [0.2, 0.25) is 5.02 Å². The van der Waals surface area contributed by atoms with Crippen molar-refractivity contribution in [2.45, 2.75) is 6.42 Å². The zero-order valence-electron chi connectivity index (χ0n) is 15.3. The lowest BCUT2D eigenvalue weighted by molar-refractivity contribution is -0.119. The molecular weight excluding hydrogens is 406 g/mol. The van der Waals surface area contributed by atoms with Crippen molar-refractivity contribution in [1.82, 2.24) is 5.32 Å². The Hall–Kier alpha value is -3.22. The number of hydrogen-bond acceptors (Lipinski definition) is 3. The standard InChI is InChI=1S/C22H18ClN3O2S/c23-17-11-9-15(10-12-17)13-20(27)26-22(29)25-19-8-4-5-16(14-19)21(28)24-18-6-2-1-3-7-18/h1-12,14H,13H2,(H,24,28)(H2,25,26,27,29). The smallest absolute Gasteiger partial charge is 0.255 e. The van der Waals surface area contributed by atoms with Gasteiger partial charge in [-0.25, -0.2) is 0 Å². The average Bonchev–Trinajstić information content (AvgIpc) is 2.70. The van der Waals surface area contributed by atoms with E-state index in [1.807, 2.05) is 30.3 Å². The minimum atomic E-state index is -0.247. The first-order valence-electron chi connectivity index (χ1n) is 8.81. The monoisotopic (exact) mass is 423 g/mol. The molecule has 0 aliphatic rings. The molecule has 0 radical (unpaired) electrons. The molecule has 0 aliphatic heterocycles. The number of nitrogens with one attached hydrogen (secondary N) is 3. The van der Waals surface area contributed by atoms with E-state index >= 15 is 0 Å². The highest BCUT2D eigenvalue weighted by molar-refractivity contribution is 7.80. The van der Waals surface area contributed by atoms with E-state index in [4.69, 9.17) is 23.8 Å². The van der Waals surface area contributed by atoms with Gasteiger partial charge in [-0.1, -0.05) is 48.0 Å². The van der Waals surface area contributed by atoms with Crippen LogP contribution in [0.1, 0.15) is 15.9 Å². The first-order valence-corrected chi connectivity index (χ1v) is 9.60. The molecule has 3 N–H and O–H groups in total. The average molecular weight is 424 g/mol. The summed E-state index contributed by atoms with van der Waals surface area (Å²) in [4.78, 5) is 24.5. The number of halogens is 1. The number of amides is 2. The van der Waals surface area contributed by atoms with Crippen molar-refractivity contribution >= 4 is 52.1 Å². The second-order valence-corrected chi connectivity index (χ2v) is 7.05. The second-order valence-electron chi connectivity index (χ2n) is 6.21. The largest absolute Gasteiger partial charge is 0.332 e. The number of thiocarbonyl (C=S) groups is 1. The van der Waals surface area contributed by atoms with E-state index in [1.165, 1.54) is 0 Å². The summed E-state index contributed by atoms with van der Waals surface area (Å²) in [6.45, 7) is 0. The first kappa shape index (κ1) is 20.5. The van der Waals surface area contributed by atoms with E-state index in [9.17, 15) is 9.59 Å². The van der Waals surface area contributed by atoms with Crippen LogP contribution in [0.3, 0.4) is 0 Å². The number of rotatable bonds is 5. The van der Waals surface area contributed by atoms with E-state index in [-0.39, 0.29) is 23.3 Å². The molecule has 7 heteroatoms. The first-order chi connectivity index (χ1) is 14.0. The van der Waals surface area contributed by atoms with Crippen LogP contribution < -0.4 is 16.0 Å². The van der Waals surface area contributed by atoms with Gasteiger partial charge in [-0.3, -0.25) is 9.59 Å². The Morgan fingerprint density at radius 1 is 0.828 bits per heavy atom. The predicted octanol–water partition coefficient (Wildman–Crippen LogP) is 4.65. The van der Waals surface area contributed by atoms with Crippen LogP contribution >= 0.6 is 23.8 Å². The van der Waals surface area contributed by atoms with Crippen molar-refractivity contribution in [3.63, 3.8) is 0 Å². The fourth-order valence-corrected chi connectivity index (χ4v) is 2.94. The molecule has 2 amide bonds. The highest BCUT2D eigenvalue weighted by Crippen LogP contribution is 2.14. The summed E-state index contributed by atoms with van der Waals surface area (Å²) < 4.78 is 0. The molecule has 0 heterocycles. The summed E-state index contributed by atoms with van der Waals surface area (Å²) in [7, 11) is 0. The summed E-state index contributed by atoms with van der Waals surface area (Å²) in [6, 6.07) is 23.1. The zero-order chi connectivity index (χ0) is 20.6. The molecule has 0 saturated heterocycles. The maximum Gasteiger partial charge on any atom is 0.255 e. The fourth-order valence-electron chi connectivity index (χ4n) is 2.58. The van der Waals surface area contributed by atoms with Gasteiger partial charge in [0, 0.05) is 22.0 Å². The summed E-state index contributed by atoms with van der Waals surface area (Å²) in [6.07, 6.45) is 0.179. The summed E-state index contributed by atoms with van der Waals surface area (Å²) >= 11 is 11.0. The highest BCUT2D eigenvalue weighted by atomic mass is 35.5. The third kappa shape index (κ3) is 6.41. The third-order valence-corrected chi connectivity index (χ3v) is 4.40. The Morgan fingerprint density at radius 2 is 1.52 bits per heavy atom. The maximum absolute atomic E-state index is 12.4. The van der Waals surface area contributed by atoms with Gasteiger partial charge in [-0.2, -0.15) is 0 Å². The Kier molecular flexibility index (Phi) is 6.94. The zero-order valence-corrected chi connectivity index (χ0v) is 16.9. The van der Waals surface area contributed by atoms with Crippen LogP contribution in [0, 0.1) is 0 Å². The topological polar surface area (TPSA) is 70.2 Å². The van der Waals surface area contributed by atoms with Gasteiger partial charge in [0.05, 0.1) is 6.42 Å². The second kappa shape index (κ2) is 9.82. The number of carbonyl (C=O) groups excluding carboxylic acids is 2. The van der Waals surface area contributed by atoms with Crippen LogP contribution in [0.15, 0.2) is 78.9 Å². The van der Waals surface area contributed by atoms with Crippen molar-refractivity contribution in [1.29, 1.82) is 0 Å². The van der Waals surface area contributed by atoms with Gasteiger partial charge in [-0.05, 0) is 60.2 Å². The van der Waals surface area contributed by atoms with Crippen LogP contribution in [0.4, 0.5) is 11.4 Å². The molecule has 0 aromatic heterocycles. The van der Waals surface area contributed by atoms with Gasteiger partial charge in [0.25, 0.3) is 5.91 Å².